The minimum atomic E-state index is -5.01. The number of rotatable bonds is 6. The molecule has 30 heavy (non-hydrogen) atoms. The van der Waals surface area contributed by atoms with Gasteiger partial charge in [0.15, 0.2) is 0 Å². The van der Waals surface area contributed by atoms with Gasteiger partial charge in [-0.2, -0.15) is 12.1 Å². The first-order valence-electron chi connectivity index (χ1n) is 8.22. The van der Waals surface area contributed by atoms with Crippen molar-refractivity contribution in [1.82, 2.24) is 0 Å². The van der Waals surface area contributed by atoms with Crippen molar-refractivity contribution in [3.8, 4) is 5.75 Å². The average Bonchev–Trinajstić information content (AvgIpc) is 2.69. The largest absolute Gasteiger partial charge is 0.497 e. The molecule has 0 aliphatic carbocycles. The fourth-order valence-corrected chi connectivity index (χ4v) is 6.44. The Kier molecular flexibility index (Phi) is 6.02. The monoisotopic (exact) mass is 473 g/mol. The van der Waals surface area contributed by atoms with Gasteiger partial charge in [-0.3, -0.25) is 0 Å². The summed E-state index contributed by atoms with van der Waals surface area (Å²) in [7, 11) is -8.36. The number of halogens is 3. The summed E-state index contributed by atoms with van der Waals surface area (Å²) in [4.78, 5) is -1.39. The first-order valence-corrected chi connectivity index (χ1v) is 11.5. The van der Waals surface area contributed by atoms with Crippen LogP contribution in [0.15, 0.2) is 76.5 Å². The van der Waals surface area contributed by atoms with Gasteiger partial charge in [0.2, 0.25) is 0 Å². The van der Waals surface area contributed by atoms with Crippen molar-refractivity contribution in [3.63, 3.8) is 0 Å². The molecule has 158 valence electrons. The molecule has 11 heteroatoms. The van der Waals surface area contributed by atoms with E-state index in [1.54, 1.807) is 0 Å². The summed E-state index contributed by atoms with van der Waals surface area (Å²) in [5.41, 5.74) is -0.307. The number of ether oxygens (including phenoxy) is 1. The quantitative estimate of drug-likeness (QED) is 0.535. The molecule has 0 unspecified atom stereocenters. The summed E-state index contributed by atoms with van der Waals surface area (Å²) in [5, 5.41) is 0.228. The Morgan fingerprint density at radius 2 is 1.43 bits per heavy atom. The molecule has 0 aromatic heterocycles. The molecule has 0 saturated heterocycles. The van der Waals surface area contributed by atoms with Crippen LogP contribution in [0.1, 0.15) is 0 Å². The van der Waals surface area contributed by atoms with Gasteiger partial charge in [-0.15, -0.1) is 0 Å². The lowest BCUT2D eigenvalue weighted by Gasteiger charge is -2.24. The van der Waals surface area contributed by atoms with E-state index in [0.29, 0.717) is 17.9 Å². The van der Waals surface area contributed by atoms with Gasteiger partial charge in [0, 0.05) is 11.1 Å². The van der Waals surface area contributed by atoms with Gasteiger partial charge in [-0.05, 0) is 60.7 Å². The van der Waals surface area contributed by atoms with Crippen LogP contribution < -0.4 is 8.45 Å². The molecular weight excluding hydrogens is 460 g/mol. The van der Waals surface area contributed by atoms with Crippen LogP contribution in [0.2, 0.25) is 5.02 Å². The highest BCUT2D eigenvalue weighted by atomic mass is 35.5. The second kappa shape index (κ2) is 8.21. The van der Waals surface area contributed by atoms with Crippen LogP contribution in [-0.4, -0.2) is 23.9 Å². The first kappa shape index (κ1) is 22.0. The molecule has 0 atom stereocenters. The molecule has 0 spiro atoms. The summed E-state index contributed by atoms with van der Waals surface area (Å²) in [6, 6.07) is 11.6. The number of anilines is 1. The van der Waals surface area contributed by atoms with Gasteiger partial charge in [0.25, 0.3) is 20.0 Å². The van der Waals surface area contributed by atoms with Gasteiger partial charge in [0.05, 0.1) is 17.7 Å². The second-order valence-corrected chi connectivity index (χ2v) is 10.1. The maximum Gasteiger partial charge on any atom is 0.280 e. The molecule has 0 N–H and O–H groups in total. The van der Waals surface area contributed by atoms with Crippen LogP contribution >= 0.6 is 11.6 Å². The van der Waals surface area contributed by atoms with Crippen molar-refractivity contribution < 1.29 is 30.4 Å². The second-order valence-electron chi connectivity index (χ2n) is 5.93. The fourth-order valence-electron chi connectivity index (χ4n) is 2.59. The highest BCUT2D eigenvalue weighted by Crippen LogP contribution is 2.33. The lowest BCUT2D eigenvalue weighted by molar-refractivity contribution is 0.414. The highest BCUT2D eigenvalue weighted by molar-refractivity contribution is 8.10. The molecule has 0 bridgehead atoms. The van der Waals surface area contributed by atoms with E-state index >= 15 is 0 Å². The van der Waals surface area contributed by atoms with Gasteiger partial charge in [-0.1, -0.05) is 11.6 Å². The molecule has 3 aromatic carbocycles. The molecule has 0 saturated carbocycles. The summed E-state index contributed by atoms with van der Waals surface area (Å²) in [6.07, 6.45) is 0. The molecule has 3 aromatic rings. The molecule has 3 rings (SSSR count). The van der Waals surface area contributed by atoms with Crippen molar-refractivity contribution >= 4 is 37.3 Å². The third-order valence-corrected chi connectivity index (χ3v) is 8.48. The predicted octanol–water partition coefficient (Wildman–Crippen LogP) is 4.21. The Morgan fingerprint density at radius 3 is 1.97 bits per heavy atom. The molecule has 0 aliphatic rings. The maximum atomic E-state index is 14.3. The number of sulfonamides is 2. The van der Waals surface area contributed by atoms with Gasteiger partial charge >= 0.3 is 0 Å². The Bertz CT molecular complexity index is 1280. The van der Waals surface area contributed by atoms with Crippen molar-refractivity contribution in [3.05, 3.63) is 83.4 Å². The molecule has 0 amide bonds. The molecular formula is C19H14ClF2NO5S2. The van der Waals surface area contributed by atoms with Crippen molar-refractivity contribution in [2.45, 2.75) is 9.79 Å². The van der Waals surface area contributed by atoms with Gasteiger partial charge < -0.3 is 4.74 Å². The van der Waals surface area contributed by atoms with Crippen LogP contribution in [0.5, 0.6) is 5.75 Å². The van der Waals surface area contributed by atoms with Crippen LogP contribution in [-0.2, 0) is 20.0 Å². The molecule has 0 radical (unpaired) electrons. The van der Waals surface area contributed by atoms with Crippen LogP contribution in [0.4, 0.5) is 14.5 Å². The van der Waals surface area contributed by atoms with E-state index in [2.05, 4.69) is 0 Å². The van der Waals surface area contributed by atoms with Gasteiger partial charge in [-0.25, -0.2) is 17.2 Å². The van der Waals surface area contributed by atoms with E-state index in [1.807, 2.05) is 0 Å². The number of hydrogen-bond acceptors (Lipinski definition) is 5. The summed E-state index contributed by atoms with van der Waals surface area (Å²) in [5.74, 6) is -2.10. The molecule has 0 heterocycles. The van der Waals surface area contributed by atoms with Crippen molar-refractivity contribution in [2.75, 3.05) is 10.8 Å². The average molecular weight is 474 g/mol. The number of hydrogen-bond donors (Lipinski definition) is 0. The summed E-state index contributed by atoms with van der Waals surface area (Å²) in [6.45, 7) is 0. The molecule has 0 aliphatic heterocycles. The third kappa shape index (κ3) is 4.11. The van der Waals surface area contributed by atoms with Crippen molar-refractivity contribution in [1.29, 1.82) is 0 Å². The van der Waals surface area contributed by atoms with E-state index in [4.69, 9.17) is 16.3 Å². The SMILES string of the molecule is COc1ccc(S(=O)(=O)N(c2ccc(Cl)cc2)S(=O)(=O)c2ccc(F)cc2F)cc1. The zero-order chi connectivity index (χ0) is 22.1. The maximum absolute atomic E-state index is 14.3. The minimum Gasteiger partial charge on any atom is -0.497 e. The van der Waals surface area contributed by atoms with E-state index in [1.165, 1.54) is 31.4 Å². The number of methoxy groups -OCH3 is 1. The highest BCUT2D eigenvalue weighted by Gasteiger charge is 2.38. The standard InChI is InChI=1S/C19H14ClF2NO5S2/c1-28-16-7-9-17(10-8-16)29(24,25)23(15-5-2-13(20)3-6-15)30(26,27)19-11-4-14(21)12-18(19)22/h2-12H,1H3. The zero-order valence-electron chi connectivity index (χ0n) is 15.3. The summed E-state index contributed by atoms with van der Waals surface area (Å²) < 4.78 is 85.7. The lowest BCUT2D eigenvalue weighted by atomic mass is 10.3. The molecule has 0 fully saturated rings. The number of nitrogens with zero attached hydrogens (tertiary/aromatic N) is 1. The first-order chi connectivity index (χ1) is 14.1. The van der Waals surface area contributed by atoms with Gasteiger partial charge in [0.1, 0.15) is 22.3 Å². The predicted molar refractivity (Wildman–Crippen MR) is 108 cm³/mol. The fraction of sp³-hybridized carbons (Fsp3) is 0.0526. The zero-order valence-corrected chi connectivity index (χ0v) is 17.7. The summed E-state index contributed by atoms with van der Waals surface area (Å²) >= 11 is 5.82. The third-order valence-electron chi connectivity index (χ3n) is 4.00. The lowest BCUT2D eigenvalue weighted by Crippen LogP contribution is -2.37. The molecule has 6 nitrogen and oxygen atoms in total. The van der Waals surface area contributed by atoms with E-state index < -0.39 is 36.6 Å². The van der Waals surface area contributed by atoms with Crippen LogP contribution in [0.25, 0.3) is 0 Å². The van der Waals surface area contributed by atoms with E-state index in [-0.39, 0.29) is 19.3 Å². The topological polar surface area (TPSA) is 80.8 Å². The van der Waals surface area contributed by atoms with E-state index in [9.17, 15) is 25.6 Å². The van der Waals surface area contributed by atoms with Crippen molar-refractivity contribution in [2.24, 2.45) is 0 Å². The Balaban J connectivity index is 2.26. The van der Waals surface area contributed by atoms with E-state index in [0.717, 1.165) is 30.3 Å². The Labute approximate surface area is 177 Å². The Hall–Kier alpha value is -2.69. The van der Waals surface area contributed by atoms with Crippen LogP contribution in [0, 0.1) is 11.6 Å². The smallest absolute Gasteiger partial charge is 0.280 e. The number of benzene rings is 3. The minimum absolute atomic E-state index is 0.0778. The van der Waals surface area contributed by atoms with Crippen LogP contribution in [0.3, 0.4) is 0 Å². The normalized spacial score (nSPS) is 11.9. The Morgan fingerprint density at radius 1 is 0.833 bits per heavy atom.